The molecule has 3 aliphatic rings. The van der Waals surface area contributed by atoms with Gasteiger partial charge in [-0.05, 0) is 62.9 Å². The van der Waals surface area contributed by atoms with Crippen molar-refractivity contribution in [3.05, 3.63) is 35.6 Å². The second-order valence-corrected chi connectivity index (χ2v) is 7.31. The van der Waals surface area contributed by atoms with Crippen LogP contribution in [0.25, 0.3) is 0 Å². The molecule has 2 saturated carbocycles. The van der Waals surface area contributed by atoms with E-state index in [1.807, 2.05) is 0 Å². The van der Waals surface area contributed by atoms with Crippen molar-refractivity contribution in [3.8, 4) is 0 Å². The van der Waals surface area contributed by atoms with Crippen molar-refractivity contribution in [1.82, 2.24) is 10.2 Å². The number of carbonyl (C=O) groups excluding carboxylic acids is 1. The van der Waals surface area contributed by atoms with E-state index >= 15 is 0 Å². The molecule has 0 aromatic heterocycles. The van der Waals surface area contributed by atoms with E-state index in [0.29, 0.717) is 0 Å². The van der Waals surface area contributed by atoms with Crippen molar-refractivity contribution >= 4 is 5.91 Å². The summed E-state index contributed by atoms with van der Waals surface area (Å²) in [6.07, 6.45) is 6.30. The van der Waals surface area contributed by atoms with Crippen LogP contribution < -0.4 is 5.32 Å². The molecule has 0 spiro atoms. The molecule has 1 aromatic carbocycles. The summed E-state index contributed by atoms with van der Waals surface area (Å²) in [6.45, 7) is 3.33. The van der Waals surface area contributed by atoms with Crippen LogP contribution in [0.15, 0.2) is 24.3 Å². The lowest BCUT2D eigenvalue weighted by Gasteiger charge is -2.43. The predicted molar refractivity (Wildman–Crippen MR) is 83.1 cm³/mol. The number of carbonyl (C=O) groups is 1. The molecule has 118 valence electrons. The van der Waals surface area contributed by atoms with Crippen molar-refractivity contribution in [2.75, 3.05) is 19.6 Å². The Morgan fingerprint density at radius 2 is 1.77 bits per heavy atom. The van der Waals surface area contributed by atoms with Crippen molar-refractivity contribution in [2.45, 2.75) is 49.5 Å². The summed E-state index contributed by atoms with van der Waals surface area (Å²) in [5.74, 6) is -0.0848. The number of hydrogen-bond donors (Lipinski definition) is 1. The smallest absolute Gasteiger partial charge is 0.231 e. The van der Waals surface area contributed by atoms with E-state index in [2.05, 4.69) is 10.2 Å². The SMILES string of the molecule is O=C(NC1(CN2CCC2)CC1)C1(c2ccc(F)cc2)CCC1. The van der Waals surface area contributed by atoms with E-state index in [4.69, 9.17) is 0 Å². The Hall–Kier alpha value is -1.42. The molecule has 0 bridgehead atoms. The first-order chi connectivity index (χ1) is 10.6. The summed E-state index contributed by atoms with van der Waals surface area (Å²) in [5.41, 5.74) is 0.565. The maximum Gasteiger partial charge on any atom is 0.231 e. The molecule has 0 atom stereocenters. The first kappa shape index (κ1) is 14.2. The maximum absolute atomic E-state index is 13.2. The fraction of sp³-hybridized carbons (Fsp3) is 0.611. The first-order valence-electron chi connectivity index (χ1n) is 8.43. The van der Waals surface area contributed by atoms with Crippen molar-refractivity contribution in [1.29, 1.82) is 0 Å². The van der Waals surface area contributed by atoms with Gasteiger partial charge in [0.15, 0.2) is 0 Å². The number of amides is 1. The molecule has 1 aliphatic heterocycles. The number of hydrogen-bond acceptors (Lipinski definition) is 2. The van der Waals surface area contributed by atoms with Gasteiger partial charge in [-0.15, -0.1) is 0 Å². The highest BCUT2D eigenvalue weighted by Crippen LogP contribution is 2.46. The van der Waals surface area contributed by atoms with Crippen molar-refractivity contribution in [2.24, 2.45) is 0 Å². The van der Waals surface area contributed by atoms with Gasteiger partial charge in [0.2, 0.25) is 5.91 Å². The molecule has 3 nitrogen and oxygen atoms in total. The summed E-state index contributed by atoms with van der Waals surface area (Å²) in [5, 5.41) is 3.35. The van der Waals surface area contributed by atoms with Crippen LogP contribution in [0, 0.1) is 5.82 Å². The van der Waals surface area contributed by atoms with Crippen LogP contribution in [0.3, 0.4) is 0 Å². The number of rotatable bonds is 5. The van der Waals surface area contributed by atoms with Gasteiger partial charge >= 0.3 is 0 Å². The topological polar surface area (TPSA) is 32.3 Å². The highest BCUT2D eigenvalue weighted by Gasteiger charge is 2.52. The molecular weight excluding hydrogens is 279 g/mol. The van der Waals surface area contributed by atoms with Crippen molar-refractivity contribution < 1.29 is 9.18 Å². The quantitative estimate of drug-likeness (QED) is 0.907. The van der Waals surface area contributed by atoms with E-state index < -0.39 is 5.41 Å². The van der Waals surface area contributed by atoms with Gasteiger partial charge in [-0.25, -0.2) is 4.39 Å². The van der Waals surface area contributed by atoms with Gasteiger partial charge in [0, 0.05) is 6.54 Å². The summed E-state index contributed by atoms with van der Waals surface area (Å²) < 4.78 is 13.2. The minimum Gasteiger partial charge on any atom is -0.349 e. The van der Waals surface area contributed by atoms with Crippen LogP contribution in [0.2, 0.25) is 0 Å². The highest BCUT2D eigenvalue weighted by atomic mass is 19.1. The van der Waals surface area contributed by atoms with Crippen LogP contribution in [0.5, 0.6) is 0 Å². The van der Waals surface area contributed by atoms with Gasteiger partial charge < -0.3 is 10.2 Å². The third-order valence-electron chi connectivity index (χ3n) is 5.75. The molecule has 0 unspecified atom stereocenters. The fourth-order valence-corrected chi connectivity index (χ4v) is 3.75. The lowest BCUT2D eigenvalue weighted by atomic mass is 9.63. The standard InChI is InChI=1S/C18H23FN2O/c19-15-5-3-14(4-6-15)18(7-1-8-18)16(22)20-17(9-10-17)13-21-11-2-12-21/h3-6H,1-2,7-13H2,(H,20,22). The lowest BCUT2D eigenvalue weighted by molar-refractivity contribution is -0.131. The van der Waals surface area contributed by atoms with Gasteiger partial charge in [0.25, 0.3) is 0 Å². The highest BCUT2D eigenvalue weighted by molar-refractivity contribution is 5.90. The zero-order chi connectivity index (χ0) is 15.2. The van der Waals surface area contributed by atoms with Crippen LogP contribution in [0.1, 0.15) is 44.1 Å². The van der Waals surface area contributed by atoms with Gasteiger partial charge in [-0.2, -0.15) is 0 Å². The largest absolute Gasteiger partial charge is 0.349 e. The molecule has 4 rings (SSSR count). The Kier molecular flexibility index (Phi) is 3.26. The second-order valence-electron chi connectivity index (χ2n) is 7.31. The molecule has 1 aromatic rings. The Morgan fingerprint density at radius 1 is 1.09 bits per heavy atom. The Morgan fingerprint density at radius 3 is 2.23 bits per heavy atom. The molecule has 1 N–H and O–H groups in total. The average molecular weight is 302 g/mol. The molecule has 1 heterocycles. The van der Waals surface area contributed by atoms with E-state index in [9.17, 15) is 9.18 Å². The monoisotopic (exact) mass is 302 g/mol. The molecule has 2 aliphatic carbocycles. The summed E-state index contributed by atoms with van der Waals surface area (Å²) in [4.78, 5) is 15.4. The fourth-order valence-electron chi connectivity index (χ4n) is 3.75. The Balaban J connectivity index is 1.49. The molecule has 1 saturated heterocycles. The third kappa shape index (κ3) is 2.34. The van der Waals surface area contributed by atoms with E-state index in [1.165, 1.54) is 31.6 Å². The number of nitrogens with zero attached hydrogens (tertiary/aromatic N) is 1. The summed E-state index contributed by atoms with van der Waals surface area (Å²) in [6, 6.07) is 6.50. The van der Waals surface area contributed by atoms with E-state index in [0.717, 1.165) is 44.2 Å². The zero-order valence-electron chi connectivity index (χ0n) is 12.9. The summed E-state index contributed by atoms with van der Waals surface area (Å²) >= 11 is 0. The first-order valence-corrected chi connectivity index (χ1v) is 8.43. The Labute approximate surface area is 130 Å². The molecular formula is C18H23FN2O. The van der Waals surface area contributed by atoms with Gasteiger partial charge in [-0.1, -0.05) is 18.6 Å². The second kappa shape index (κ2) is 5.05. The van der Waals surface area contributed by atoms with E-state index in [-0.39, 0.29) is 17.3 Å². The number of halogens is 1. The minimum absolute atomic E-state index is 0.0140. The summed E-state index contributed by atoms with van der Waals surface area (Å²) in [7, 11) is 0. The Bertz CT molecular complexity index is 571. The van der Waals surface area contributed by atoms with Gasteiger partial charge in [0.1, 0.15) is 5.82 Å². The molecule has 0 radical (unpaired) electrons. The van der Waals surface area contributed by atoms with Gasteiger partial charge in [-0.3, -0.25) is 4.79 Å². The van der Waals surface area contributed by atoms with Crippen molar-refractivity contribution in [3.63, 3.8) is 0 Å². The minimum atomic E-state index is -0.418. The molecule has 4 heteroatoms. The normalized spacial score (nSPS) is 25.0. The van der Waals surface area contributed by atoms with Crippen LogP contribution in [-0.4, -0.2) is 36.0 Å². The maximum atomic E-state index is 13.2. The zero-order valence-corrected chi connectivity index (χ0v) is 12.9. The van der Waals surface area contributed by atoms with E-state index in [1.54, 1.807) is 12.1 Å². The average Bonchev–Trinajstić information content (AvgIpc) is 3.15. The molecule has 22 heavy (non-hydrogen) atoms. The number of likely N-dealkylation sites (tertiary alicyclic amines) is 1. The van der Waals surface area contributed by atoms with Crippen LogP contribution in [0.4, 0.5) is 4.39 Å². The lowest BCUT2D eigenvalue weighted by Crippen LogP contribution is -2.56. The number of nitrogens with one attached hydrogen (secondary N) is 1. The molecule has 1 amide bonds. The predicted octanol–water partition coefficient (Wildman–Crippen LogP) is 2.60. The number of benzene rings is 1. The van der Waals surface area contributed by atoms with Crippen LogP contribution >= 0.6 is 0 Å². The van der Waals surface area contributed by atoms with Crippen LogP contribution in [-0.2, 0) is 10.2 Å². The third-order valence-corrected chi connectivity index (χ3v) is 5.75. The van der Waals surface area contributed by atoms with Gasteiger partial charge in [0.05, 0.1) is 11.0 Å². The molecule has 3 fully saturated rings.